The van der Waals surface area contributed by atoms with E-state index in [1.807, 2.05) is 30.3 Å². The van der Waals surface area contributed by atoms with Crippen molar-refractivity contribution < 1.29 is 8.42 Å². The average Bonchev–Trinajstić information content (AvgIpc) is 2.25. The zero-order chi connectivity index (χ0) is 12.1. The van der Waals surface area contributed by atoms with E-state index in [0.717, 1.165) is 18.0 Å². The van der Waals surface area contributed by atoms with Gasteiger partial charge in [0.25, 0.3) is 0 Å². The van der Waals surface area contributed by atoms with E-state index in [0.29, 0.717) is 17.4 Å². The summed E-state index contributed by atoms with van der Waals surface area (Å²) in [6.07, 6.45) is 0. The molecule has 1 N–H and O–H groups in total. The van der Waals surface area contributed by atoms with Gasteiger partial charge in [0, 0.05) is 23.7 Å². The minimum absolute atomic E-state index is 0.281. The number of sulfone groups is 1. The predicted molar refractivity (Wildman–Crippen MR) is 72.2 cm³/mol. The quantitative estimate of drug-likeness (QED) is 0.795. The van der Waals surface area contributed by atoms with Crippen molar-refractivity contribution in [1.29, 1.82) is 0 Å². The Morgan fingerprint density at radius 3 is 2.53 bits per heavy atom. The van der Waals surface area contributed by atoms with Crippen LogP contribution in [-0.4, -0.2) is 38.8 Å². The number of thioether (sulfide) groups is 1. The molecule has 1 saturated heterocycles. The molecule has 1 fully saturated rings. The van der Waals surface area contributed by atoms with Crippen LogP contribution in [0.4, 0.5) is 0 Å². The van der Waals surface area contributed by atoms with E-state index in [2.05, 4.69) is 5.32 Å². The van der Waals surface area contributed by atoms with Crippen molar-refractivity contribution in [2.45, 2.75) is 4.90 Å². The van der Waals surface area contributed by atoms with Gasteiger partial charge in [-0.2, -0.15) is 0 Å². The zero-order valence-electron chi connectivity index (χ0n) is 9.63. The summed E-state index contributed by atoms with van der Waals surface area (Å²) >= 11 is 1.61. The van der Waals surface area contributed by atoms with Gasteiger partial charge in [-0.05, 0) is 18.1 Å². The minimum atomic E-state index is -2.87. The molecule has 1 heterocycles. The lowest BCUT2D eigenvalue weighted by Crippen LogP contribution is -2.45. The second-order valence-corrected chi connectivity index (χ2v) is 7.70. The Balaban J connectivity index is 1.73. The Morgan fingerprint density at radius 1 is 1.24 bits per heavy atom. The van der Waals surface area contributed by atoms with E-state index in [9.17, 15) is 8.42 Å². The van der Waals surface area contributed by atoms with Crippen molar-refractivity contribution in [2.24, 2.45) is 5.92 Å². The van der Waals surface area contributed by atoms with Gasteiger partial charge >= 0.3 is 0 Å². The van der Waals surface area contributed by atoms with Crippen LogP contribution in [0.5, 0.6) is 0 Å². The summed E-state index contributed by atoms with van der Waals surface area (Å²) in [5, 5.41) is 3.10. The standard InChI is InChI=1S/C12H17NO2S2/c14-17(15,10-11-8-13-9-11)7-6-16-12-4-2-1-3-5-12/h1-5,11,13H,6-10H2. The van der Waals surface area contributed by atoms with Gasteiger partial charge in [-0.3, -0.25) is 0 Å². The fourth-order valence-corrected chi connectivity index (χ4v) is 4.77. The number of nitrogens with one attached hydrogen (secondary N) is 1. The van der Waals surface area contributed by atoms with Gasteiger partial charge in [-0.25, -0.2) is 8.42 Å². The predicted octanol–water partition coefficient (Wildman–Crippen LogP) is 1.41. The molecular weight excluding hydrogens is 254 g/mol. The molecule has 0 aliphatic carbocycles. The highest BCUT2D eigenvalue weighted by atomic mass is 32.2. The molecule has 1 aromatic rings. The molecule has 0 atom stereocenters. The second kappa shape index (κ2) is 5.89. The Morgan fingerprint density at radius 2 is 1.94 bits per heavy atom. The molecule has 0 aromatic heterocycles. The number of hydrogen-bond acceptors (Lipinski definition) is 4. The fourth-order valence-electron chi connectivity index (χ4n) is 1.71. The van der Waals surface area contributed by atoms with E-state index in [1.165, 1.54) is 0 Å². The summed E-state index contributed by atoms with van der Waals surface area (Å²) in [7, 11) is -2.87. The molecule has 94 valence electrons. The highest BCUT2D eigenvalue weighted by Crippen LogP contribution is 2.18. The molecule has 17 heavy (non-hydrogen) atoms. The van der Waals surface area contributed by atoms with Crippen LogP contribution < -0.4 is 5.32 Å². The maximum absolute atomic E-state index is 11.8. The Hall–Kier alpha value is -0.520. The molecule has 0 bridgehead atoms. The zero-order valence-corrected chi connectivity index (χ0v) is 11.3. The van der Waals surface area contributed by atoms with Gasteiger partial charge in [0.05, 0.1) is 11.5 Å². The summed E-state index contributed by atoms with van der Waals surface area (Å²) in [6, 6.07) is 9.92. The molecule has 0 unspecified atom stereocenters. The number of rotatable bonds is 6. The molecule has 3 nitrogen and oxygen atoms in total. The first-order valence-corrected chi connectivity index (χ1v) is 8.55. The lowest BCUT2D eigenvalue weighted by Gasteiger charge is -2.26. The van der Waals surface area contributed by atoms with E-state index in [-0.39, 0.29) is 5.75 Å². The summed E-state index contributed by atoms with van der Waals surface area (Å²) in [5.41, 5.74) is 0. The van der Waals surface area contributed by atoms with Crippen molar-refractivity contribution in [3.63, 3.8) is 0 Å². The Labute approximate surface area is 107 Å². The molecule has 0 saturated carbocycles. The average molecular weight is 271 g/mol. The monoisotopic (exact) mass is 271 g/mol. The minimum Gasteiger partial charge on any atom is -0.316 e. The normalized spacial score (nSPS) is 16.7. The highest BCUT2D eigenvalue weighted by Gasteiger charge is 2.23. The van der Waals surface area contributed by atoms with Gasteiger partial charge in [-0.15, -0.1) is 11.8 Å². The van der Waals surface area contributed by atoms with Gasteiger partial charge in [0.15, 0.2) is 9.84 Å². The third-order valence-electron chi connectivity index (χ3n) is 2.76. The molecule has 0 spiro atoms. The lowest BCUT2D eigenvalue weighted by atomic mass is 10.1. The van der Waals surface area contributed by atoms with E-state index in [4.69, 9.17) is 0 Å². The van der Waals surface area contributed by atoms with Crippen LogP contribution in [-0.2, 0) is 9.84 Å². The van der Waals surface area contributed by atoms with Gasteiger partial charge in [0.1, 0.15) is 0 Å². The lowest BCUT2D eigenvalue weighted by molar-refractivity contribution is 0.378. The third-order valence-corrected chi connectivity index (χ3v) is 5.84. The summed E-state index contributed by atoms with van der Waals surface area (Å²) < 4.78 is 23.6. The maximum atomic E-state index is 11.8. The molecule has 1 aliphatic heterocycles. The first-order valence-electron chi connectivity index (χ1n) is 5.75. The van der Waals surface area contributed by atoms with Crippen molar-refractivity contribution in [1.82, 2.24) is 5.32 Å². The molecule has 0 radical (unpaired) electrons. The summed E-state index contributed by atoms with van der Waals surface area (Å²) in [5.74, 6) is 1.60. The van der Waals surface area contributed by atoms with Crippen LogP contribution in [0, 0.1) is 5.92 Å². The van der Waals surface area contributed by atoms with Crippen LogP contribution in [0.2, 0.25) is 0 Å². The SMILES string of the molecule is O=S(=O)(CCSc1ccccc1)CC1CNC1. The summed E-state index contributed by atoms with van der Waals surface area (Å²) in [6.45, 7) is 1.70. The van der Waals surface area contributed by atoms with Gasteiger partial charge in [0.2, 0.25) is 0 Å². The fraction of sp³-hybridized carbons (Fsp3) is 0.500. The first-order chi connectivity index (χ1) is 8.16. The van der Waals surface area contributed by atoms with Gasteiger partial charge in [-0.1, -0.05) is 18.2 Å². The molecule has 1 aromatic carbocycles. The first kappa shape index (κ1) is 12.9. The van der Waals surface area contributed by atoms with Crippen LogP contribution in [0.25, 0.3) is 0 Å². The van der Waals surface area contributed by atoms with Crippen LogP contribution in [0.3, 0.4) is 0 Å². The van der Waals surface area contributed by atoms with E-state index < -0.39 is 9.84 Å². The van der Waals surface area contributed by atoms with Crippen molar-refractivity contribution in [3.8, 4) is 0 Å². The highest BCUT2D eigenvalue weighted by molar-refractivity contribution is 8.00. The Kier molecular flexibility index (Phi) is 4.48. The molecule has 0 amide bonds. The number of hydrogen-bond donors (Lipinski definition) is 1. The number of benzene rings is 1. The van der Waals surface area contributed by atoms with Crippen LogP contribution in [0.15, 0.2) is 35.2 Å². The van der Waals surface area contributed by atoms with E-state index in [1.54, 1.807) is 11.8 Å². The summed E-state index contributed by atoms with van der Waals surface area (Å²) in [4.78, 5) is 1.13. The molecule has 1 aliphatic rings. The van der Waals surface area contributed by atoms with Crippen LogP contribution >= 0.6 is 11.8 Å². The molecular formula is C12H17NO2S2. The van der Waals surface area contributed by atoms with Crippen molar-refractivity contribution in [2.75, 3.05) is 30.3 Å². The largest absolute Gasteiger partial charge is 0.316 e. The topological polar surface area (TPSA) is 46.2 Å². The molecule has 2 rings (SSSR count). The van der Waals surface area contributed by atoms with Crippen LogP contribution in [0.1, 0.15) is 0 Å². The smallest absolute Gasteiger partial charge is 0.151 e. The second-order valence-electron chi connectivity index (χ2n) is 4.30. The molecule has 5 heteroatoms. The third kappa shape index (κ3) is 4.33. The Bertz CT molecular complexity index is 441. The van der Waals surface area contributed by atoms with E-state index >= 15 is 0 Å². The van der Waals surface area contributed by atoms with Gasteiger partial charge < -0.3 is 5.32 Å². The maximum Gasteiger partial charge on any atom is 0.151 e. The van der Waals surface area contributed by atoms with Crippen molar-refractivity contribution >= 4 is 21.6 Å². The van der Waals surface area contributed by atoms with Crippen molar-refractivity contribution in [3.05, 3.63) is 30.3 Å².